The normalized spacial score (nSPS) is 9.85. The lowest BCUT2D eigenvalue weighted by Gasteiger charge is -2.06. The zero-order chi connectivity index (χ0) is 18.9. The lowest BCUT2D eigenvalue weighted by Crippen LogP contribution is -2.12. The summed E-state index contributed by atoms with van der Waals surface area (Å²) < 4.78 is 5.30. The van der Waals surface area contributed by atoms with Gasteiger partial charge in [-0.15, -0.1) is 0 Å². The molecule has 0 saturated carbocycles. The van der Waals surface area contributed by atoms with Gasteiger partial charge in [0.2, 0.25) is 0 Å². The fraction of sp³-hybridized carbons (Fsp3) is 0.158. The predicted molar refractivity (Wildman–Crippen MR) is 98.4 cm³/mol. The van der Waals surface area contributed by atoms with Gasteiger partial charge >= 0.3 is 5.97 Å². The second-order valence-corrected chi connectivity index (χ2v) is 5.51. The van der Waals surface area contributed by atoms with Crippen molar-refractivity contribution in [1.29, 1.82) is 0 Å². The largest absolute Gasteiger partial charge is 0.486 e. The summed E-state index contributed by atoms with van der Waals surface area (Å²) in [6.07, 6.45) is -0.292. The zero-order valence-corrected chi connectivity index (χ0v) is 14.5. The van der Waals surface area contributed by atoms with Crippen molar-refractivity contribution in [3.05, 3.63) is 59.7 Å². The van der Waals surface area contributed by atoms with E-state index in [4.69, 9.17) is 9.84 Å². The molecular formula is C19H15NO5S. The van der Waals surface area contributed by atoms with Crippen molar-refractivity contribution in [2.24, 2.45) is 4.99 Å². The van der Waals surface area contributed by atoms with Crippen molar-refractivity contribution in [3.63, 3.8) is 0 Å². The number of thiocarbonyl (C=S) groups is 1. The van der Waals surface area contributed by atoms with E-state index in [0.717, 1.165) is 0 Å². The van der Waals surface area contributed by atoms with Gasteiger partial charge in [0.15, 0.2) is 11.6 Å². The fourth-order valence-electron chi connectivity index (χ4n) is 2.09. The van der Waals surface area contributed by atoms with Gasteiger partial charge in [0, 0.05) is 17.5 Å². The van der Waals surface area contributed by atoms with E-state index in [-0.39, 0.29) is 31.0 Å². The number of benzene rings is 2. The van der Waals surface area contributed by atoms with Crippen LogP contribution in [0.3, 0.4) is 0 Å². The van der Waals surface area contributed by atoms with Crippen molar-refractivity contribution in [3.8, 4) is 5.75 Å². The zero-order valence-electron chi connectivity index (χ0n) is 13.7. The first-order valence-electron chi connectivity index (χ1n) is 7.68. The number of aliphatic carboxylic acids is 1. The Kier molecular flexibility index (Phi) is 6.91. The number of carboxylic acids is 1. The van der Waals surface area contributed by atoms with Crippen LogP contribution in [0.2, 0.25) is 0 Å². The number of carbonyl (C=O) groups is 3. The van der Waals surface area contributed by atoms with E-state index in [0.29, 0.717) is 22.6 Å². The molecule has 132 valence electrons. The Labute approximate surface area is 155 Å². The molecule has 2 aromatic rings. The van der Waals surface area contributed by atoms with Crippen molar-refractivity contribution < 1.29 is 24.2 Å². The highest BCUT2D eigenvalue weighted by Crippen LogP contribution is 2.18. The molecule has 0 aromatic heterocycles. The number of nitrogens with zero attached hydrogens (tertiary/aromatic N) is 1. The number of ketones is 2. The molecule has 0 aliphatic rings. The highest BCUT2D eigenvalue weighted by Gasteiger charge is 2.10. The summed E-state index contributed by atoms with van der Waals surface area (Å²) in [7, 11) is 0. The smallest absolute Gasteiger partial charge is 0.303 e. The first-order valence-corrected chi connectivity index (χ1v) is 8.09. The van der Waals surface area contributed by atoms with Crippen LogP contribution in [0.1, 0.15) is 28.8 Å². The Balaban J connectivity index is 1.95. The van der Waals surface area contributed by atoms with Gasteiger partial charge in [0.1, 0.15) is 12.4 Å². The molecule has 0 amide bonds. The maximum atomic E-state index is 12.4. The standard InChI is InChI=1S/C19H15NO5S/c21-16(7-10-18(22)23)11-25-17-8-3-14(4-9-17)19(24)13-1-5-15(6-2-13)20-12-26/h1-6,8-9H,7,10-11H2,(H,22,23). The minimum absolute atomic E-state index is 0.0742. The lowest BCUT2D eigenvalue weighted by atomic mass is 10.0. The van der Waals surface area contributed by atoms with E-state index in [1.54, 1.807) is 48.5 Å². The molecule has 2 rings (SSSR count). The molecule has 2 aromatic carbocycles. The summed E-state index contributed by atoms with van der Waals surface area (Å²) in [5.41, 5.74) is 1.60. The number of hydrogen-bond donors (Lipinski definition) is 1. The fourth-order valence-corrected chi connectivity index (χ4v) is 2.20. The lowest BCUT2D eigenvalue weighted by molar-refractivity contribution is -0.138. The molecule has 0 fully saturated rings. The van der Waals surface area contributed by atoms with Gasteiger partial charge in [-0.2, -0.15) is 4.99 Å². The van der Waals surface area contributed by atoms with Crippen LogP contribution in [0.15, 0.2) is 53.5 Å². The van der Waals surface area contributed by atoms with Gasteiger partial charge in [-0.1, -0.05) is 0 Å². The van der Waals surface area contributed by atoms with E-state index < -0.39 is 5.97 Å². The van der Waals surface area contributed by atoms with Gasteiger partial charge in [0.05, 0.1) is 17.3 Å². The number of carboxylic acid groups (broad SMARTS) is 1. The van der Waals surface area contributed by atoms with Crippen molar-refractivity contribution >= 4 is 40.6 Å². The van der Waals surface area contributed by atoms with Gasteiger partial charge in [0.25, 0.3) is 0 Å². The molecule has 0 radical (unpaired) electrons. The average molecular weight is 369 g/mol. The highest BCUT2D eigenvalue weighted by molar-refractivity contribution is 7.78. The third-order valence-electron chi connectivity index (χ3n) is 3.44. The van der Waals surface area contributed by atoms with Crippen molar-refractivity contribution in [2.45, 2.75) is 12.8 Å². The average Bonchev–Trinajstić information content (AvgIpc) is 2.65. The van der Waals surface area contributed by atoms with E-state index in [9.17, 15) is 14.4 Å². The molecule has 1 N–H and O–H groups in total. The highest BCUT2D eigenvalue weighted by atomic mass is 32.1. The van der Waals surface area contributed by atoms with Crippen LogP contribution in [-0.4, -0.2) is 34.4 Å². The van der Waals surface area contributed by atoms with Crippen LogP contribution in [0.25, 0.3) is 0 Å². The van der Waals surface area contributed by atoms with E-state index in [1.165, 1.54) is 0 Å². The minimum atomic E-state index is -1.02. The van der Waals surface area contributed by atoms with Gasteiger partial charge < -0.3 is 9.84 Å². The number of aliphatic imine (C=N–C) groups is 1. The van der Waals surface area contributed by atoms with E-state index >= 15 is 0 Å². The first-order chi connectivity index (χ1) is 12.5. The second kappa shape index (κ2) is 9.36. The maximum Gasteiger partial charge on any atom is 0.303 e. The van der Waals surface area contributed by atoms with Crippen LogP contribution in [0.4, 0.5) is 5.69 Å². The maximum absolute atomic E-state index is 12.4. The summed E-state index contributed by atoms with van der Waals surface area (Å²) in [6, 6.07) is 13.0. The van der Waals surface area contributed by atoms with Crippen molar-refractivity contribution in [2.75, 3.05) is 6.61 Å². The number of rotatable bonds is 9. The number of Topliss-reactive ketones (excluding diaryl/α,β-unsaturated/α-hetero) is 1. The first kappa shape index (κ1) is 19.2. The van der Waals surface area contributed by atoms with Crippen molar-refractivity contribution in [1.82, 2.24) is 0 Å². The molecule has 0 spiro atoms. The molecule has 0 bridgehead atoms. The van der Waals surface area contributed by atoms with Crippen LogP contribution in [-0.2, 0) is 9.59 Å². The Morgan fingerprint density at radius 1 is 0.962 bits per heavy atom. The molecule has 26 heavy (non-hydrogen) atoms. The third kappa shape index (κ3) is 5.73. The quantitative estimate of drug-likeness (QED) is 0.413. The molecule has 0 unspecified atom stereocenters. The number of carbonyl (C=O) groups excluding carboxylic acids is 2. The Morgan fingerprint density at radius 3 is 2.08 bits per heavy atom. The molecule has 0 aliphatic heterocycles. The second-order valence-electron chi connectivity index (χ2n) is 5.32. The Hall–Kier alpha value is -3.15. The Morgan fingerprint density at radius 2 is 1.54 bits per heavy atom. The van der Waals surface area contributed by atoms with E-state index in [1.807, 2.05) is 0 Å². The number of isothiocyanates is 1. The Bertz CT molecular complexity index is 853. The summed E-state index contributed by atoms with van der Waals surface area (Å²) in [5, 5.41) is 10.8. The minimum Gasteiger partial charge on any atom is -0.486 e. The molecule has 0 saturated heterocycles. The van der Waals surface area contributed by atoms with E-state index in [2.05, 4.69) is 22.4 Å². The molecular weight excluding hydrogens is 354 g/mol. The number of ether oxygens (including phenoxy) is 1. The molecule has 0 aliphatic carbocycles. The third-order valence-corrected chi connectivity index (χ3v) is 3.53. The number of hydrogen-bond acceptors (Lipinski definition) is 6. The summed E-state index contributed by atoms with van der Waals surface area (Å²) >= 11 is 4.53. The monoisotopic (exact) mass is 369 g/mol. The molecule has 0 heterocycles. The van der Waals surface area contributed by atoms with Crippen LogP contribution in [0, 0.1) is 0 Å². The SMILES string of the molecule is O=C(O)CCC(=O)COc1ccc(C(=O)c2ccc(N=C=S)cc2)cc1. The van der Waals surface area contributed by atoms with Crippen LogP contribution < -0.4 is 4.74 Å². The summed E-state index contributed by atoms with van der Waals surface area (Å²) in [6.45, 7) is -0.206. The summed E-state index contributed by atoms with van der Waals surface area (Å²) in [4.78, 5) is 38.2. The topological polar surface area (TPSA) is 93.0 Å². The van der Waals surface area contributed by atoms with Gasteiger partial charge in [-0.05, 0) is 60.7 Å². The summed E-state index contributed by atoms with van der Waals surface area (Å²) in [5.74, 6) is -1.06. The molecule has 0 atom stereocenters. The van der Waals surface area contributed by atoms with Crippen LogP contribution in [0.5, 0.6) is 5.75 Å². The van der Waals surface area contributed by atoms with Crippen LogP contribution >= 0.6 is 12.2 Å². The predicted octanol–water partition coefficient (Wildman–Crippen LogP) is 3.46. The molecule has 7 heteroatoms. The van der Waals surface area contributed by atoms with Gasteiger partial charge in [-0.25, -0.2) is 0 Å². The van der Waals surface area contributed by atoms with Gasteiger partial charge in [-0.3, -0.25) is 14.4 Å². The molecule has 6 nitrogen and oxygen atoms in total.